The van der Waals surface area contributed by atoms with Crippen LogP contribution in [-0.2, 0) is 11.3 Å². The van der Waals surface area contributed by atoms with Gasteiger partial charge >= 0.3 is 12.0 Å². The number of carbonyl (C=O) groups is 2. The zero-order valence-electron chi connectivity index (χ0n) is 11.9. The predicted octanol–water partition coefficient (Wildman–Crippen LogP) is 1.07. The van der Waals surface area contributed by atoms with Crippen LogP contribution in [0.4, 0.5) is 4.79 Å². The fourth-order valence-electron chi connectivity index (χ4n) is 1.78. The molecule has 0 saturated heterocycles. The van der Waals surface area contributed by atoms with Gasteiger partial charge in [-0.2, -0.15) is 0 Å². The molecule has 1 aromatic heterocycles. The summed E-state index contributed by atoms with van der Waals surface area (Å²) in [6.45, 7) is 5.08. The number of nitrogens with zero attached hydrogens (tertiary/aromatic N) is 2. The second kappa shape index (κ2) is 8.19. The highest BCUT2D eigenvalue weighted by molar-refractivity contribution is 5.82. The highest BCUT2D eigenvalue weighted by Crippen LogP contribution is 2.04. The van der Waals surface area contributed by atoms with Gasteiger partial charge in [0.1, 0.15) is 6.04 Å². The van der Waals surface area contributed by atoms with Crippen molar-refractivity contribution in [2.45, 2.75) is 39.3 Å². The molecule has 0 saturated carbocycles. The van der Waals surface area contributed by atoms with Gasteiger partial charge in [0.25, 0.3) is 0 Å². The van der Waals surface area contributed by atoms with E-state index in [-0.39, 0.29) is 5.92 Å². The number of aryl methyl sites for hydroxylation is 1. The van der Waals surface area contributed by atoms with E-state index >= 15 is 0 Å². The lowest BCUT2D eigenvalue weighted by molar-refractivity contribution is -0.139. The van der Waals surface area contributed by atoms with E-state index in [1.807, 2.05) is 24.6 Å². The van der Waals surface area contributed by atoms with E-state index in [9.17, 15) is 9.59 Å². The largest absolute Gasteiger partial charge is 0.480 e. The van der Waals surface area contributed by atoms with E-state index in [0.717, 1.165) is 13.0 Å². The third-order valence-corrected chi connectivity index (χ3v) is 2.75. The van der Waals surface area contributed by atoms with Crippen LogP contribution in [0.2, 0.25) is 0 Å². The Morgan fingerprint density at radius 1 is 1.40 bits per heavy atom. The summed E-state index contributed by atoms with van der Waals surface area (Å²) in [5, 5.41) is 14.1. The fraction of sp³-hybridized carbons (Fsp3) is 0.615. The molecular formula is C13H22N4O3. The molecule has 0 fully saturated rings. The Bertz CT molecular complexity index is 417. The van der Waals surface area contributed by atoms with Crippen LogP contribution in [0.5, 0.6) is 0 Å². The maximum absolute atomic E-state index is 11.6. The number of aliphatic carboxylic acids is 1. The van der Waals surface area contributed by atoms with Gasteiger partial charge in [0.05, 0.1) is 6.33 Å². The number of carbonyl (C=O) groups excluding carboxylic acids is 1. The molecular weight excluding hydrogens is 260 g/mol. The van der Waals surface area contributed by atoms with Crippen LogP contribution in [0.3, 0.4) is 0 Å². The fourth-order valence-corrected chi connectivity index (χ4v) is 1.78. The van der Waals surface area contributed by atoms with Gasteiger partial charge in [-0.3, -0.25) is 0 Å². The standard InChI is InChI=1S/C13H22N4O3/c1-10(2)8-11(12(18)19)16-13(20)15-4-3-6-17-7-5-14-9-17/h5,7,9-11H,3-4,6,8H2,1-2H3,(H,18,19)(H2,15,16,20). The predicted molar refractivity (Wildman–Crippen MR) is 74.3 cm³/mol. The average Bonchev–Trinajstić information content (AvgIpc) is 2.86. The van der Waals surface area contributed by atoms with Gasteiger partial charge in [0, 0.05) is 25.5 Å². The Balaban J connectivity index is 2.22. The molecule has 112 valence electrons. The van der Waals surface area contributed by atoms with Crippen LogP contribution < -0.4 is 10.6 Å². The molecule has 0 aromatic carbocycles. The van der Waals surface area contributed by atoms with Gasteiger partial charge in [-0.15, -0.1) is 0 Å². The average molecular weight is 282 g/mol. The first kappa shape index (κ1) is 16.0. The summed E-state index contributed by atoms with van der Waals surface area (Å²) in [5.74, 6) is -0.801. The number of nitrogens with one attached hydrogen (secondary N) is 2. The molecule has 2 amide bonds. The van der Waals surface area contributed by atoms with Gasteiger partial charge in [0.15, 0.2) is 0 Å². The Hall–Kier alpha value is -2.05. The zero-order chi connectivity index (χ0) is 15.0. The van der Waals surface area contributed by atoms with Crippen LogP contribution in [0.25, 0.3) is 0 Å². The summed E-state index contributed by atoms with van der Waals surface area (Å²) in [7, 11) is 0. The molecule has 1 heterocycles. The van der Waals surface area contributed by atoms with Gasteiger partial charge in [-0.05, 0) is 18.8 Å². The second-order valence-electron chi connectivity index (χ2n) is 5.07. The number of hydrogen-bond donors (Lipinski definition) is 3. The molecule has 3 N–H and O–H groups in total. The molecule has 1 rings (SSSR count). The number of hydrogen-bond acceptors (Lipinski definition) is 3. The first-order valence-corrected chi connectivity index (χ1v) is 6.72. The number of imidazole rings is 1. The maximum atomic E-state index is 11.6. The normalized spacial score (nSPS) is 12.2. The van der Waals surface area contributed by atoms with Crippen molar-refractivity contribution in [3.05, 3.63) is 18.7 Å². The number of aromatic nitrogens is 2. The Morgan fingerprint density at radius 3 is 2.70 bits per heavy atom. The smallest absolute Gasteiger partial charge is 0.326 e. The molecule has 0 aliphatic rings. The lowest BCUT2D eigenvalue weighted by atomic mass is 10.0. The molecule has 20 heavy (non-hydrogen) atoms. The summed E-state index contributed by atoms with van der Waals surface area (Å²) in [5.41, 5.74) is 0. The van der Waals surface area contributed by atoms with Gasteiger partial charge < -0.3 is 20.3 Å². The van der Waals surface area contributed by atoms with Gasteiger partial charge in [-0.1, -0.05) is 13.8 Å². The van der Waals surface area contributed by atoms with Crippen LogP contribution in [-0.4, -0.2) is 39.2 Å². The molecule has 7 heteroatoms. The first-order valence-electron chi connectivity index (χ1n) is 6.72. The Morgan fingerprint density at radius 2 is 2.15 bits per heavy atom. The van der Waals surface area contributed by atoms with Crippen molar-refractivity contribution in [2.24, 2.45) is 5.92 Å². The van der Waals surface area contributed by atoms with Crippen LogP contribution >= 0.6 is 0 Å². The molecule has 0 aliphatic heterocycles. The third-order valence-electron chi connectivity index (χ3n) is 2.75. The van der Waals surface area contributed by atoms with Gasteiger partial charge in [-0.25, -0.2) is 14.6 Å². The van der Waals surface area contributed by atoms with Crippen LogP contribution in [0.15, 0.2) is 18.7 Å². The Labute approximate surface area is 118 Å². The summed E-state index contributed by atoms with van der Waals surface area (Å²) >= 11 is 0. The van der Waals surface area contributed by atoms with Crippen LogP contribution in [0, 0.1) is 5.92 Å². The summed E-state index contributed by atoms with van der Waals surface area (Å²) < 4.78 is 1.92. The van der Waals surface area contributed by atoms with E-state index in [1.165, 1.54) is 0 Å². The number of rotatable bonds is 8. The van der Waals surface area contributed by atoms with E-state index in [4.69, 9.17) is 5.11 Å². The highest BCUT2D eigenvalue weighted by atomic mass is 16.4. The van der Waals surface area contributed by atoms with Crippen molar-refractivity contribution in [2.75, 3.05) is 6.54 Å². The van der Waals surface area contributed by atoms with Crippen molar-refractivity contribution < 1.29 is 14.7 Å². The number of carboxylic acids is 1. The summed E-state index contributed by atoms with van der Waals surface area (Å²) in [6.07, 6.45) is 6.43. The Kier molecular flexibility index (Phi) is 6.55. The second-order valence-corrected chi connectivity index (χ2v) is 5.07. The van der Waals surface area contributed by atoms with Crippen molar-refractivity contribution >= 4 is 12.0 Å². The van der Waals surface area contributed by atoms with E-state index in [0.29, 0.717) is 13.0 Å². The maximum Gasteiger partial charge on any atom is 0.326 e. The molecule has 0 aliphatic carbocycles. The van der Waals surface area contributed by atoms with E-state index < -0.39 is 18.0 Å². The van der Waals surface area contributed by atoms with Crippen LogP contribution in [0.1, 0.15) is 26.7 Å². The summed E-state index contributed by atoms with van der Waals surface area (Å²) in [6, 6.07) is -1.28. The lowest BCUT2D eigenvalue weighted by Crippen LogP contribution is -2.46. The minimum absolute atomic E-state index is 0.206. The van der Waals surface area contributed by atoms with Crippen molar-refractivity contribution in [3.8, 4) is 0 Å². The molecule has 1 aromatic rings. The first-order chi connectivity index (χ1) is 9.49. The summed E-state index contributed by atoms with van der Waals surface area (Å²) in [4.78, 5) is 26.5. The topological polar surface area (TPSA) is 96.3 Å². The minimum Gasteiger partial charge on any atom is -0.480 e. The quantitative estimate of drug-likeness (QED) is 0.621. The monoisotopic (exact) mass is 282 g/mol. The SMILES string of the molecule is CC(C)CC(NC(=O)NCCCn1ccnc1)C(=O)O. The highest BCUT2D eigenvalue weighted by Gasteiger charge is 2.20. The van der Waals surface area contributed by atoms with E-state index in [1.54, 1.807) is 12.5 Å². The van der Waals surface area contributed by atoms with Crippen molar-refractivity contribution in [1.29, 1.82) is 0 Å². The molecule has 1 atom stereocenters. The molecule has 0 bridgehead atoms. The third kappa shape index (κ3) is 6.21. The van der Waals surface area contributed by atoms with Crippen molar-refractivity contribution in [3.63, 3.8) is 0 Å². The van der Waals surface area contributed by atoms with Gasteiger partial charge in [0.2, 0.25) is 0 Å². The number of carboxylic acid groups (broad SMARTS) is 1. The number of urea groups is 1. The lowest BCUT2D eigenvalue weighted by Gasteiger charge is -2.16. The molecule has 1 unspecified atom stereocenters. The molecule has 0 spiro atoms. The van der Waals surface area contributed by atoms with Crippen molar-refractivity contribution in [1.82, 2.24) is 20.2 Å². The minimum atomic E-state index is -1.01. The van der Waals surface area contributed by atoms with E-state index in [2.05, 4.69) is 15.6 Å². The molecule has 0 radical (unpaired) electrons. The zero-order valence-corrected chi connectivity index (χ0v) is 11.9. The molecule has 7 nitrogen and oxygen atoms in total. The number of amides is 2.